The summed E-state index contributed by atoms with van der Waals surface area (Å²) in [6, 6.07) is 2.26. The number of aromatic nitrogens is 1. The minimum Gasteiger partial charge on any atom is -0.355 e. The van der Waals surface area contributed by atoms with Gasteiger partial charge in [0.25, 0.3) is 0 Å². The standard InChI is InChI=1S/C23H36N2/c1-8-20(9-2)23-13-21(14-24-19(23)7)25-18(6)17(5)22-12-15(3)10-11-16(22)4/h13-16,20,22,25H,5-6,8-12H2,1-4,7H3. The Labute approximate surface area is 154 Å². The van der Waals surface area contributed by atoms with Crippen molar-refractivity contribution in [3.05, 3.63) is 47.9 Å². The zero-order valence-electron chi connectivity index (χ0n) is 16.9. The third kappa shape index (κ3) is 4.74. The van der Waals surface area contributed by atoms with Gasteiger partial charge in [-0.1, -0.05) is 47.3 Å². The van der Waals surface area contributed by atoms with E-state index in [2.05, 4.69) is 64.1 Å². The summed E-state index contributed by atoms with van der Waals surface area (Å²) < 4.78 is 0. The van der Waals surface area contributed by atoms with Crippen LogP contribution in [0.2, 0.25) is 0 Å². The molecule has 0 bridgehead atoms. The molecule has 0 aliphatic heterocycles. The molecule has 2 heteroatoms. The summed E-state index contributed by atoms with van der Waals surface area (Å²) in [6.45, 7) is 20.0. The number of nitrogens with one attached hydrogen (secondary N) is 1. The maximum absolute atomic E-state index is 4.61. The number of anilines is 1. The van der Waals surface area contributed by atoms with E-state index in [4.69, 9.17) is 0 Å². The fraction of sp³-hybridized carbons (Fsp3) is 0.609. The van der Waals surface area contributed by atoms with E-state index in [1.807, 2.05) is 6.20 Å². The first-order valence-corrected chi connectivity index (χ1v) is 9.98. The Bertz CT molecular complexity index is 613. The molecule has 1 fully saturated rings. The van der Waals surface area contributed by atoms with E-state index in [9.17, 15) is 0 Å². The number of aryl methyl sites for hydroxylation is 1. The molecule has 1 aromatic rings. The zero-order chi connectivity index (χ0) is 18.6. The van der Waals surface area contributed by atoms with Crippen molar-refractivity contribution >= 4 is 5.69 Å². The van der Waals surface area contributed by atoms with Gasteiger partial charge in [0.05, 0.1) is 11.9 Å². The van der Waals surface area contributed by atoms with Gasteiger partial charge in [-0.15, -0.1) is 0 Å². The van der Waals surface area contributed by atoms with Gasteiger partial charge in [-0.25, -0.2) is 0 Å². The van der Waals surface area contributed by atoms with Gasteiger partial charge in [0, 0.05) is 11.4 Å². The maximum atomic E-state index is 4.61. The van der Waals surface area contributed by atoms with Crippen LogP contribution in [0.1, 0.15) is 77.0 Å². The summed E-state index contributed by atoms with van der Waals surface area (Å²) in [7, 11) is 0. The van der Waals surface area contributed by atoms with Gasteiger partial charge in [-0.3, -0.25) is 4.98 Å². The lowest BCUT2D eigenvalue weighted by Crippen LogP contribution is -2.24. The molecule has 1 aromatic heterocycles. The molecule has 3 unspecified atom stereocenters. The topological polar surface area (TPSA) is 24.9 Å². The van der Waals surface area contributed by atoms with Crippen molar-refractivity contribution in [3.8, 4) is 0 Å². The number of nitrogens with zero attached hydrogens (tertiary/aromatic N) is 1. The Balaban J connectivity index is 2.12. The quantitative estimate of drug-likeness (QED) is 0.549. The third-order valence-electron chi connectivity index (χ3n) is 6.14. The smallest absolute Gasteiger partial charge is 0.0573 e. The van der Waals surface area contributed by atoms with E-state index in [0.717, 1.165) is 35.8 Å². The second-order valence-electron chi connectivity index (χ2n) is 8.04. The van der Waals surface area contributed by atoms with Gasteiger partial charge in [-0.05, 0) is 73.5 Å². The SMILES string of the molecule is C=C(Nc1cnc(C)c(C(CC)CC)c1)C(=C)C1CC(C)CCC1C. The summed E-state index contributed by atoms with van der Waals surface area (Å²) in [5.74, 6) is 2.59. The van der Waals surface area contributed by atoms with Crippen molar-refractivity contribution in [2.24, 2.45) is 17.8 Å². The lowest BCUT2D eigenvalue weighted by atomic mass is 9.72. The van der Waals surface area contributed by atoms with E-state index in [1.165, 1.54) is 30.4 Å². The van der Waals surface area contributed by atoms with Crippen LogP contribution in [0.15, 0.2) is 36.7 Å². The molecule has 0 spiro atoms. The molecule has 3 atom stereocenters. The van der Waals surface area contributed by atoms with E-state index in [-0.39, 0.29) is 0 Å². The van der Waals surface area contributed by atoms with Crippen LogP contribution in [0.4, 0.5) is 5.69 Å². The molecule has 1 aliphatic rings. The molecule has 2 nitrogen and oxygen atoms in total. The number of allylic oxidation sites excluding steroid dienone is 1. The zero-order valence-corrected chi connectivity index (χ0v) is 16.9. The lowest BCUT2D eigenvalue weighted by molar-refractivity contribution is 0.236. The van der Waals surface area contributed by atoms with E-state index in [1.54, 1.807) is 0 Å². The van der Waals surface area contributed by atoms with Crippen LogP contribution in [-0.2, 0) is 0 Å². The molecule has 1 aliphatic carbocycles. The Hall–Kier alpha value is -1.57. The average molecular weight is 341 g/mol. The first-order chi connectivity index (χ1) is 11.9. The van der Waals surface area contributed by atoms with Crippen LogP contribution in [0.5, 0.6) is 0 Å². The molecule has 0 aromatic carbocycles. The average Bonchev–Trinajstić information content (AvgIpc) is 2.60. The molecule has 2 rings (SSSR count). The van der Waals surface area contributed by atoms with Crippen molar-refractivity contribution in [3.63, 3.8) is 0 Å². The Kier molecular flexibility index (Phi) is 6.87. The maximum Gasteiger partial charge on any atom is 0.0573 e. The van der Waals surface area contributed by atoms with Gasteiger partial charge >= 0.3 is 0 Å². The molecule has 1 saturated carbocycles. The summed E-state index contributed by atoms with van der Waals surface area (Å²) in [5, 5.41) is 3.49. The van der Waals surface area contributed by atoms with Crippen molar-refractivity contribution in [2.45, 2.75) is 72.6 Å². The minimum absolute atomic E-state index is 0.542. The molecule has 25 heavy (non-hydrogen) atoms. The minimum atomic E-state index is 0.542. The molecule has 1 N–H and O–H groups in total. The van der Waals surface area contributed by atoms with Crippen molar-refractivity contribution in [2.75, 3.05) is 5.32 Å². The van der Waals surface area contributed by atoms with Crippen LogP contribution >= 0.6 is 0 Å². The fourth-order valence-corrected chi connectivity index (χ4v) is 4.26. The molecular weight excluding hydrogens is 304 g/mol. The predicted molar refractivity (Wildman–Crippen MR) is 110 cm³/mol. The van der Waals surface area contributed by atoms with Crippen LogP contribution in [0.3, 0.4) is 0 Å². The molecule has 138 valence electrons. The van der Waals surface area contributed by atoms with Crippen LogP contribution < -0.4 is 5.32 Å². The molecule has 0 saturated heterocycles. The predicted octanol–water partition coefficient (Wildman–Crippen LogP) is 6.85. The first kappa shape index (κ1) is 19.8. The summed E-state index contributed by atoms with van der Waals surface area (Å²) in [6.07, 6.45) is 8.08. The second-order valence-corrected chi connectivity index (χ2v) is 8.04. The van der Waals surface area contributed by atoms with Gasteiger partial charge < -0.3 is 5.32 Å². The van der Waals surface area contributed by atoms with Crippen molar-refractivity contribution < 1.29 is 0 Å². The van der Waals surface area contributed by atoms with Crippen LogP contribution in [-0.4, -0.2) is 4.98 Å². The number of pyridine rings is 1. The fourth-order valence-electron chi connectivity index (χ4n) is 4.26. The van der Waals surface area contributed by atoms with Crippen LogP contribution in [0, 0.1) is 24.7 Å². The monoisotopic (exact) mass is 340 g/mol. The summed E-state index contributed by atoms with van der Waals surface area (Å²) in [4.78, 5) is 4.61. The molecule has 0 amide bonds. The number of hydrogen-bond acceptors (Lipinski definition) is 2. The van der Waals surface area contributed by atoms with E-state index < -0.39 is 0 Å². The Morgan fingerprint density at radius 3 is 2.56 bits per heavy atom. The highest BCUT2D eigenvalue weighted by Gasteiger charge is 2.28. The third-order valence-corrected chi connectivity index (χ3v) is 6.14. The molecule has 1 heterocycles. The van der Waals surface area contributed by atoms with Gasteiger partial charge in [0.15, 0.2) is 0 Å². The summed E-state index contributed by atoms with van der Waals surface area (Å²) in [5.41, 5.74) is 5.65. The lowest BCUT2D eigenvalue weighted by Gasteiger charge is -2.35. The van der Waals surface area contributed by atoms with Crippen molar-refractivity contribution in [1.82, 2.24) is 4.98 Å². The van der Waals surface area contributed by atoms with E-state index >= 15 is 0 Å². The normalized spacial score (nSPS) is 23.5. The number of hydrogen-bond donors (Lipinski definition) is 1. The van der Waals surface area contributed by atoms with E-state index in [0.29, 0.717) is 17.8 Å². The van der Waals surface area contributed by atoms with Crippen LogP contribution in [0.25, 0.3) is 0 Å². The summed E-state index contributed by atoms with van der Waals surface area (Å²) >= 11 is 0. The largest absolute Gasteiger partial charge is 0.355 e. The van der Waals surface area contributed by atoms with Gasteiger partial charge in [-0.2, -0.15) is 0 Å². The highest BCUT2D eigenvalue weighted by Crippen LogP contribution is 2.39. The molecule has 0 radical (unpaired) electrons. The van der Waals surface area contributed by atoms with Gasteiger partial charge in [0.2, 0.25) is 0 Å². The van der Waals surface area contributed by atoms with Crippen molar-refractivity contribution in [1.29, 1.82) is 0 Å². The Morgan fingerprint density at radius 2 is 1.92 bits per heavy atom. The second kappa shape index (κ2) is 8.69. The Morgan fingerprint density at radius 1 is 1.24 bits per heavy atom. The first-order valence-electron chi connectivity index (χ1n) is 9.98. The highest BCUT2D eigenvalue weighted by atomic mass is 14.9. The molecular formula is C23H36N2. The highest BCUT2D eigenvalue weighted by molar-refractivity contribution is 5.53. The van der Waals surface area contributed by atoms with Gasteiger partial charge in [0.1, 0.15) is 0 Å². The number of rotatable bonds is 7.